The Bertz CT molecular complexity index is 1070. The molecule has 2 aromatic rings. The van der Waals surface area contributed by atoms with Crippen LogP contribution in [0, 0.1) is 11.7 Å². The van der Waals surface area contributed by atoms with Crippen LogP contribution in [0.25, 0.3) is 0 Å². The van der Waals surface area contributed by atoms with Crippen LogP contribution in [-0.4, -0.2) is 37.5 Å². The van der Waals surface area contributed by atoms with Gasteiger partial charge in [-0.2, -0.15) is 17.9 Å². The summed E-state index contributed by atoms with van der Waals surface area (Å²) in [5, 5.41) is 7.12. The van der Waals surface area contributed by atoms with Gasteiger partial charge in [-0.25, -0.2) is 4.39 Å². The molecule has 0 saturated heterocycles. The van der Waals surface area contributed by atoms with Gasteiger partial charge < -0.3 is 5.32 Å². The maximum absolute atomic E-state index is 14.4. The second kappa shape index (κ2) is 8.51. The van der Waals surface area contributed by atoms with Gasteiger partial charge >= 0.3 is 0 Å². The zero-order valence-corrected chi connectivity index (χ0v) is 17.6. The minimum Gasteiger partial charge on any atom is -0.354 e. The summed E-state index contributed by atoms with van der Waals surface area (Å²) in [4.78, 5) is 12.2. The van der Waals surface area contributed by atoms with E-state index < -0.39 is 28.3 Å². The molecule has 6 nitrogen and oxygen atoms in total. The van der Waals surface area contributed by atoms with Gasteiger partial charge in [0.15, 0.2) is 0 Å². The fourth-order valence-corrected chi connectivity index (χ4v) is 4.45. The number of rotatable bonds is 6. The third kappa shape index (κ3) is 4.59. The van der Waals surface area contributed by atoms with Crippen molar-refractivity contribution >= 4 is 33.2 Å². The second-order valence-corrected chi connectivity index (χ2v) is 9.33. The monoisotopic (exact) mass is 437 g/mol. The maximum atomic E-state index is 14.4. The van der Waals surface area contributed by atoms with Crippen LogP contribution in [-0.2, 0) is 14.8 Å². The Balaban J connectivity index is 2.01. The largest absolute Gasteiger partial charge is 0.354 e. The molecule has 0 saturated carbocycles. The van der Waals surface area contributed by atoms with Gasteiger partial charge in [0.25, 0.3) is 10.0 Å². The molecule has 154 valence electrons. The summed E-state index contributed by atoms with van der Waals surface area (Å²) in [6, 6.07) is 10.1. The summed E-state index contributed by atoms with van der Waals surface area (Å²) in [5.41, 5.74) is 0.417. The van der Waals surface area contributed by atoms with Crippen LogP contribution < -0.4 is 5.32 Å². The van der Waals surface area contributed by atoms with E-state index in [4.69, 9.17) is 11.6 Å². The minimum absolute atomic E-state index is 0.0786. The van der Waals surface area contributed by atoms with Crippen LogP contribution in [0.5, 0.6) is 0 Å². The predicted octanol–water partition coefficient (Wildman–Crippen LogP) is 3.40. The van der Waals surface area contributed by atoms with Gasteiger partial charge in [0.2, 0.25) is 5.91 Å². The number of benzene rings is 2. The van der Waals surface area contributed by atoms with Crippen molar-refractivity contribution in [1.29, 1.82) is 0 Å². The number of hydrogen-bond acceptors (Lipinski definition) is 4. The number of amides is 1. The molecule has 3 rings (SSSR count). The third-order valence-corrected chi connectivity index (χ3v) is 6.33. The van der Waals surface area contributed by atoms with Crippen molar-refractivity contribution in [3.8, 4) is 0 Å². The molecule has 0 atom stereocenters. The SMILES string of the molecule is CC(C)CCNC(=O)CN1N=C(c2ccccc2F)c2cc(Cl)ccc2S1(=O)=O. The highest BCUT2D eigenvalue weighted by atomic mass is 35.5. The van der Waals surface area contributed by atoms with Gasteiger partial charge in [0.05, 0.1) is 4.90 Å². The van der Waals surface area contributed by atoms with Crippen LogP contribution in [0.1, 0.15) is 31.4 Å². The molecule has 0 bridgehead atoms. The van der Waals surface area contributed by atoms with Crippen molar-refractivity contribution in [2.45, 2.75) is 25.2 Å². The molecule has 1 aliphatic rings. The molecule has 1 amide bonds. The third-order valence-electron chi connectivity index (χ3n) is 4.42. The Kier molecular flexibility index (Phi) is 6.24. The number of nitrogens with zero attached hydrogens (tertiary/aromatic N) is 2. The van der Waals surface area contributed by atoms with E-state index in [0.29, 0.717) is 21.9 Å². The standard InChI is InChI=1S/C20H21ClFN3O3S/c1-13(2)9-10-23-19(26)12-25-24-20(15-5-3-4-6-17(15)22)16-11-14(21)7-8-18(16)29(25,27)28/h3-8,11,13H,9-10,12H2,1-2H3,(H,23,26). The summed E-state index contributed by atoms with van der Waals surface area (Å²) in [5.74, 6) is -0.641. The van der Waals surface area contributed by atoms with Crippen molar-refractivity contribution in [3.63, 3.8) is 0 Å². The van der Waals surface area contributed by atoms with E-state index in [1.165, 1.54) is 36.4 Å². The fraction of sp³-hybridized carbons (Fsp3) is 0.300. The highest BCUT2D eigenvalue weighted by molar-refractivity contribution is 7.89. The molecule has 29 heavy (non-hydrogen) atoms. The smallest absolute Gasteiger partial charge is 0.280 e. The number of hydrazone groups is 1. The Hall–Kier alpha value is -2.45. The molecular weight excluding hydrogens is 417 g/mol. The maximum Gasteiger partial charge on any atom is 0.280 e. The van der Waals surface area contributed by atoms with E-state index in [9.17, 15) is 17.6 Å². The number of fused-ring (bicyclic) bond motifs is 1. The Morgan fingerprint density at radius 2 is 1.93 bits per heavy atom. The van der Waals surface area contributed by atoms with Gasteiger partial charge in [0.1, 0.15) is 18.1 Å². The quantitative estimate of drug-likeness (QED) is 0.752. The van der Waals surface area contributed by atoms with Crippen molar-refractivity contribution in [2.75, 3.05) is 13.1 Å². The summed E-state index contributed by atoms with van der Waals surface area (Å²) >= 11 is 6.04. The summed E-state index contributed by atoms with van der Waals surface area (Å²) < 4.78 is 41.1. The Morgan fingerprint density at radius 3 is 2.62 bits per heavy atom. The lowest BCUT2D eigenvalue weighted by Crippen LogP contribution is -2.41. The van der Waals surface area contributed by atoms with E-state index in [0.717, 1.165) is 6.42 Å². The molecule has 2 aromatic carbocycles. The van der Waals surface area contributed by atoms with Crippen molar-refractivity contribution < 1.29 is 17.6 Å². The van der Waals surface area contributed by atoms with Gasteiger partial charge in [0, 0.05) is 22.7 Å². The molecule has 0 radical (unpaired) electrons. The first-order valence-electron chi connectivity index (χ1n) is 9.13. The van der Waals surface area contributed by atoms with Crippen molar-refractivity contribution in [3.05, 3.63) is 64.4 Å². The summed E-state index contributed by atoms with van der Waals surface area (Å²) in [6.45, 7) is 3.98. The van der Waals surface area contributed by atoms with E-state index in [2.05, 4.69) is 10.4 Å². The molecular formula is C20H21ClFN3O3S. The average molecular weight is 438 g/mol. The van der Waals surface area contributed by atoms with Crippen LogP contribution >= 0.6 is 11.6 Å². The topological polar surface area (TPSA) is 78.8 Å². The summed E-state index contributed by atoms with van der Waals surface area (Å²) in [6.07, 6.45) is 0.767. The molecule has 0 unspecified atom stereocenters. The summed E-state index contributed by atoms with van der Waals surface area (Å²) in [7, 11) is -4.09. The molecule has 1 aliphatic heterocycles. The van der Waals surface area contributed by atoms with Gasteiger partial charge in [-0.3, -0.25) is 4.79 Å². The van der Waals surface area contributed by atoms with Crippen LogP contribution in [0.4, 0.5) is 4.39 Å². The van der Waals surface area contributed by atoms with Crippen LogP contribution in [0.3, 0.4) is 0 Å². The van der Waals surface area contributed by atoms with E-state index >= 15 is 0 Å². The lowest BCUT2D eigenvalue weighted by molar-refractivity contribution is -0.121. The normalized spacial score (nSPS) is 15.1. The first-order valence-corrected chi connectivity index (χ1v) is 10.9. The first-order chi connectivity index (χ1) is 13.7. The molecule has 0 aromatic heterocycles. The average Bonchev–Trinajstić information content (AvgIpc) is 2.64. The molecule has 0 fully saturated rings. The Morgan fingerprint density at radius 1 is 1.21 bits per heavy atom. The van der Waals surface area contributed by atoms with E-state index in [-0.39, 0.29) is 21.7 Å². The predicted molar refractivity (Wildman–Crippen MR) is 110 cm³/mol. The number of carbonyl (C=O) groups excluding carboxylic acids is 1. The van der Waals surface area contributed by atoms with Crippen LogP contribution in [0.15, 0.2) is 52.5 Å². The van der Waals surface area contributed by atoms with Gasteiger partial charge in [-0.05, 0) is 42.7 Å². The number of sulfonamides is 1. The lowest BCUT2D eigenvalue weighted by atomic mass is 10.0. The zero-order chi connectivity index (χ0) is 21.2. The highest BCUT2D eigenvalue weighted by Gasteiger charge is 2.35. The first kappa shape index (κ1) is 21.3. The van der Waals surface area contributed by atoms with Crippen molar-refractivity contribution in [2.24, 2.45) is 11.0 Å². The number of hydrogen-bond donors (Lipinski definition) is 1. The van der Waals surface area contributed by atoms with Gasteiger partial charge in [-0.15, -0.1) is 0 Å². The minimum atomic E-state index is -4.09. The lowest BCUT2D eigenvalue weighted by Gasteiger charge is -2.27. The molecule has 0 spiro atoms. The van der Waals surface area contributed by atoms with Gasteiger partial charge in [-0.1, -0.05) is 37.6 Å². The number of carbonyl (C=O) groups is 1. The van der Waals surface area contributed by atoms with E-state index in [1.807, 2.05) is 13.8 Å². The fourth-order valence-electron chi connectivity index (χ4n) is 2.90. The van der Waals surface area contributed by atoms with Crippen molar-refractivity contribution in [1.82, 2.24) is 9.73 Å². The Labute approximate surface area is 174 Å². The zero-order valence-electron chi connectivity index (χ0n) is 16.0. The number of nitrogens with one attached hydrogen (secondary N) is 1. The second-order valence-electron chi connectivity index (χ2n) is 7.09. The molecule has 0 aliphatic carbocycles. The number of halogens is 2. The molecule has 9 heteroatoms. The molecule has 1 heterocycles. The van der Waals surface area contributed by atoms with E-state index in [1.54, 1.807) is 6.07 Å². The van der Waals surface area contributed by atoms with Crippen LogP contribution in [0.2, 0.25) is 5.02 Å². The molecule has 1 N–H and O–H groups in total. The highest BCUT2D eigenvalue weighted by Crippen LogP contribution is 2.31.